The van der Waals surface area contributed by atoms with Gasteiger partial charge >= 0.3 is 0 Å². The minimum atomic E-state index is -0.285. The third kappa shape index (κ3) is 4.01. The predicted octanol–water partition coefficient (Wildman–Crippen LogP) is 5.53. The van der Waals surface area contributed by atoms with E-state index in [2.05, 4.69) is 49.3 Å². The molecule has 0 saturated heterocycles. The Bertz CT molecular complexity index is 1190. The van der Waals surface area contributed by atoms with Gasteiger partial charge < -0.3 is 9.47 Å². The zero-order valence-corrected chi connectivity index (χ0v) is 18.8. The van der Waals surface area contributed by atoms with Gasteiger partial charge in [0.2, 0.25) is 0 Å². The van der Waals surface area contributed by atoms with Crippen LogP contribution in [0.2, 0.25) is 5.02 Å². The van der Waals surface area contributed by atoms with E-state index < -0.39 is 0 Å². The quantitative estimate of drug-likeness (QED) is 0.435. The van der Waals surface area contributed by atoms with Gasteiger partial charge in [-0.15, -0.1) is 0 Å². The Balaban J connectivity index is 1.57. The third-order valence-electron chi connectivity index (χ3n) is 5.74. The third-order valence-corrected chi connectivity index (χ3v) is 6.06. The summed E-state index contributed by atoms with van der Waals surface area (Å²) < 4.78 is 1.89. The fourth-order valence-corrected chi connectivity index (χ4v) is 4.10. The monoisotopic (exact) mass is 432 g/mol. The van der Waals surface area contributed by atoms with Gasteiger partial charge in [0.25, 0.3) is 5.91 Å². The number of hydrogen-bond donors (Lipinski definition) is 1. The molecule has 1 aromatic heterocycles. The Morgan fingerprint density at radius 1 is 1.10 bits per heavy atom. The molecule has 0 radical (unpaired) electrons. The number of nitrogens with one attached hydrogen (secondary N) is 1. The highest BCUT2D eigenvalue weighted by atomic mass is 35.5. The van der Waals surface area contributed by atoms with E-state index in [0.717, 1.165) is 22.5 Å². The number of halogens is 1. The van der Waals surface area contributed by atoms with Crippen LogP contribution in [-0.4, -0.2) is 29.3 Å². The molecule has 2 heterocycles. The van der Waals surface area contributed by atoms with E-state index in [1.54, 1.807) is 12.3 Å². The summed E-state index contributed by atoms with van der Waals surface area (Å²) in [6.45, 7) is 6.44. The molecule has 1 amide bonds. The van der Waals surface area contributed by atoms with E-state index in [1.165, 1.54) is 5.57 Å². The summed E-state index contributed by atoms with van der Waals surface area (Å²) >= 11 is 6.54. The molecule has 31 heavy (non-hydrogen) atoms. The first-order valence-electron chi connectivity index (χ1n) is 10.1. The molecule has 0 unspecified atom stereocenters. The molecule has 4 rings (SSSR count). The van der Waals surface area contributed by atoms with Crippen molar-refractivity contribution in [3.63, 3.8) is 0 Å². The summed E-state index contributed by atoms with van der Waals surface area (Å²) in [5.41, 5.74) is 7.99. The van der Waals surface area contributed by atoms with E-state index in [9.17, 15) is 4.79 Å². The second kappa shape index (κ2) is 8.08. The summed E-state index contributed by atoms with van der Waals surface area (Å²) in [6, 6.07) is 15.2. The van der Waals surface area contributed by atoms with Crippen LogP contribution in [0, 0.1) is 0 Å². The lowest BCUT2D eigenvalue weighted by Crippen LogP contribution is -2.42. The SMILES string of the molecule is CC1=CC(C)(C)N(C)c2cc(Cl)c(/C=N\NC(=O)c3ccccc3-n3cccc3)cc21. The maximum absolute atomic E-state index is 12.7. The van der Waals surface area contributed by atoms with Crippen LogP contribution in [0.4, 0.5) is 5.69 Å². The average molecular weight is 433 g/mol. The Morgan fingerprint density at radius 3 is 2.55 bits per heavy atom. The molecular weight excluding hydrogens is 408 g/mol. The van der Waals surface area contributed by atoms with Crippen molar-refractivity contribution in [3.8, 4) is 5.69 Å². The normalized spacial score (nSPS) is 15.0. The number of para-hydroxylation sites is 1. The molecule has 1 N–H and O–H groups in total. The summed E-state index contributed by atoms with van der Waals surface area (Å²) in [5.74, 6) is -0.285. The number of fused-ring (bicyclic) bond motifs is 1. The van der Waals surface area contributed by atoms with Crippen molar-refractivity contribution < 1.29 is 4.79 Å². The number of allylic oxidation sites excluding steroid dienone is 1. The number of carbonyl (C=O) groups excluding carboxylic acids is 1. The van der Waals surface area contributed by atoms with Gasteiger partial charge in [-0.25, -0.2) is 5.43 Å². The summed E-state index contributed by atoms with van der Waals surface area (Å²) in [6.07, 6.45) is 7.63. The summed E-state index contributed by atoms with van der Waals surface area (Å²) in [4.78, 5) is 15.0. The minimum absolute atomic E-state index is 0.0862. The molecule has 0 spiro atoms. The minimum Gasteiger partial charge on any atom is -0.365 e. The van der Waals surface area contributed by atoms with E-state index in [0.29, 0.717) is 10.6 Å². The van der Waals surface area contributed by atoms with Gasteiger partial charge in [-0.2, -0.15) is 5.10 Å². The molecule has 3 aromatic rings. The second-order valence-corrected chi connectivity index (χ2v) is 8.64. The lowest BCUT2D eigenvalue weighted by atomic mass is 9.88. The van der Waals surface area contributed by atoms with Crippen LogP contribution in [-0.2, 0) is 0 Å². The van der Waals surface area contributed by atoms with Crippen LogP contribution in [0.5, 0.6) is 0 Å². The molecule has 0 aliphatic carbocycles. The molecule has 0 saturated carbocycles. The number of anilines is 1. The van der Waals surface area contributed by atoms with Crippen LogP contribution in [0.15, 0.2) is 72.1 Å². The molecule has 0 bridgehead atoms. The largest absolute Gasteiger partial charge is 0.365 e. The van der Waals surface area contributed by atoms with E-state index >= 15 is 0 Å². The number of hydrazone groups is 1. The number of nitrogens with zero attached hydrogens (tertiary/aromatic N) is 3. The van der Waals surface area contributed by atoms with Crippen molar-refractivity contribution in [2.75, 3.05) is 11.9 Å². The van der Waals surface area contributed by atoms with Crippen LogP contribution >= 0.6 is 11.6 Å². The number of rotatable bonds is 4. The topological polar surface area (TPSA) is 49.6 Å². The van der Waals surface area contributed by atoms with E-state index in [4.69, 9.17) is 11.6 Å². The van der Waals surface area contributed by atoms with Crippen LogP contribution in [0.3, 0.4) is 0 Å². The molecular formula is C25H25ClN4O. The maximum atomic E-state index is 12.7. The second-order valence-electron chi connectivity index (χ2n) is 8.24. The highest BCUT2D eigenvalue weighted by Gasteiger charge is 2.29. The number of aromatic nitrogens is 1. The van der Waals surface area contributed by atoms with Crippen LogP contribution in [0.25, 0.3) is 11.3 Å². The molecule has 2 aromatic carbocycles. The molecule has 158 valence electrons. The highest BCUT2D eigenvalue weighted by Crippen LogP contribution is 2.40. The van der Waals surface area contributed by atoms with Gasteiger partial charge in [0.05, 0.1) is 28.0 Å². The Kier molecular flexibility index (Phi) is 5.46. The highest BCUT2D eigenvalue weighted by molar-refractivity contribution is 6.33. The van der Waals surface area contributed by atoms with Crippen LogP contribution < -0.4 is 10.3 Å². The zero-order chi connectivity index (χ0) is 22.2. The van der Waals surface area contributed by atoms with Gasteiger partial charge in [0.1, 0.15) is 0 Å². The van der Waals surface area contributed by atoms with Crippen molar-refractivity contribution in [1.29, 1.82) is 0 Å². The van der Waals surface area contributed by atoms with Crippen LogP contribution in [0.1, 0.15) is 42.3 Å². The van der Waals surface area contributed by atoms with Gasteiger partial charge in [-0.05, 0) is 62.7 Å². The number of hydrogen-bond acceptors (Lipinski definition) is 3. The molecule has 1 aliphatic rings. The van der Waals surface area contributed by atoms with Gasteiger partial charge in [0, 0.05) is 36.3 Å². The van der Waals surface area contributed by atoms with Crippen molar-refractivity contribution in [2.45, 2.75) is 26.3 Å². The van der Waals surface area contributed by atoms with Gasteiger partial charge in [-0.3, -0.25) is 4.79 Å². The Hall–Kier alpha value is -3.31. The van der Waals surface area contributed by atoms with Crippen molar-refractivity contribution in [2.24, 2.45) is 5.10 Å². The van der Waals surface area contributed by atoms with Gasteiger partial charge in [-0.1, -0.05) is 29.8 Å². The molecule has 5 nitrogen and oxygen atoms in total. The maximum Gasteiger partial charge on any atom is 0.273 e. The number of benzene rings is 2. The lowest BCUT2D eigenvalue weighted by molar-refractivity contribution is 0.0955. The van der Waals surface area contributed by atoms with Crippen molar-refractivity contribution in [1.82, 2.24) is 9.99 Å². The first-order valence-corrected chi connectivity index (χ1v) is 10.5. The molecule has 6 heteroatoms. The number of amides is 1. The Labute approximate surface area is 187 Å². The van der Waals surface area contributed by atoms with Gasteiger partial charge in [0.15, 0.2) is 0 Å². The number of carbonyl (C=O) groups is 1. The fourth-order valence-electron chi connectivity index (χ4n) is 3.89. The average Bonchev–Trinajstić information content (AvgIpc) is 3.27. The fraction of sp³-hybridized carbons (Fsp3) is 0.200. The van der Waals surface area contributed by atoms with E-state index in [-0.39, 0.29) is 11.4 Å². The Morgan fingerprint density at radius 2 is 1.81 bits per heavy atom. The summed E-state index contributed by atoms with van der Waals surface area (Å²) in [5, 5.41) is 4.76. The smallest absolute Gasteiger partial charge is 0.273 e. The van der Waals surface area contributed by atoms with Crippen molar-refractivity contribution in [3.05, 3.63) is 88.7 Å². The lowest BCUT2D eigenvalue weighted by Gasteiger charge is -2.40. The van der Waals surface area contributed by atoms with Crippen molar-refractivity contribution >= 4 is 35.0 Å². The first-order chi connectivity index (χ1) is 14.8. The summed E-state index contributed by atoms with van der Waals surface area (Å²) in [7, 11) is 2.06. The molecule has 0 fully saturated rings. The number of likely N-dealkylation sites (N-methyl/N-ethyl adjacent to an activating group) is 1. The standard InChI is InChI=1S/C25H25ClN4O/c1-17-15-25(2,3)29(4)23-14-21(26)18(13-20(17)23)16-27-28-24(31)19-9-5-6-10-22(19)30-11-7-8-12-30/h5-16H,1-4H3,(H,28,31)/b27-16-. The molecule has 1 aliphatic heterocycles. The molecule has 0 atom stereocenters. The first kappa shape index (κ1) is 20.9. The zero-order valence-electron chi connectivity index (χ0n) is 18.1. The predicted molar refractivity (Wildman–Crippen MR) is 128 cm³/mol. The van der Waals surface area contributed by atoms with E-state index in [1.807, 2.05) is 59.4 Å².